The standard InChI is InChI=1S/C17H16IN3O3S.C2HF3O2/c1-23-11-6-8(5-10(18)14(11)24-2)15-20-16(22)13-9-3-4-19-7-12(9)25-17(13)21-15;3-2(4,5)1(6)7/h5-6,19H,3-4,7H2,1-2H3,(H,20,21,22);(H,6,7). The molecule has 0 saturated heterocycles. The monoisotopic (exact) mass is 583 g/mol. The number of hydrogen-bond donors (Lipinski definition) is 3. The summed E-state index contributed by atoms with van der Waals surface area (Å²) in [4.78, 5) is 31.3. The van der Waals surface area contributed by atoms with Gasteiger partial charge < -0.3 is 24.9 Å². The molecule has 32 heavy (non-hydrogen) atoms. The molecular weight excluding hydrogens is 566 g/mol. The number of halogens is 4. The van der Waals surface area contributed by atoms with Crippen LogP contribution in [-0.2, 0) is 17.8 Å². The number of benzene rings is 1. The molecule has 1 aliphatic heterocycles. The molecular formula is C19H17F3IN3O5S. The molecule has 0 atom stereocenters. The topological polar surface area (TPSA) is 114 Å². The molecule has 2 aromatic heterocycles. The number of carbonyl (C=O) groups is 1. The van der Waals surface area contributed by atoms with Crippen molar-refractivity contribution in [3.05, 3.63) is 36.5 Å². The molecule has 0 amide bonds. The summed E-state index contributed by atoms with van der Waals surface area (Å²) in [6.45, 7) is 1.70. The number of carboxylic acids is 1. The summed E-state index contributed by atoms with van der Waals surface area (Å²) in [6, 6.07) is 3.77. The van der Waals surface area contributed by atoms with E-state index in [4.69, 9.17) is 24.4 Å². The molecule has 0 aliphatic carbocycles. The summed E-state index contributed by atoms with van der Waals surface area (Å²) in [5.41, 5.74) is 1.86. The summed E-state index contributed by atoms with van der Waals surface area (Å²) < 4.78 is 43.4. The number of H-pyrrole nitrogens is 1. The number of methoxy groups -OCH3 is 2. The number of aliphatic carboxylic acids is 1. The minimum atomic E-state index is -5.08. The largest absolute Gasteiger partial charge is 0.493 e. The van der Waals surface area contributed by atoms with Crippen molar-refractivity contribution in [2.24, 2.45) is 0 Å². The molecule has 3 N–H and O–H groups in total. The maximum atomic E-state index is 12.7. The van der Waals surface area contributed by atoms with Crippen molar-refractivity contribution >= 4 is 50.1 Å². The number of aromatic amines is 1. The molecule has 1 aromatic carbocycles. The molecule has 172 valence electrons. The van der Waals surface area contributed by atoms with E-state index in [-0.39, 0.29) is 5.56 Å². The molecule has 0 bridgehead atoms. The highest BCUT2D eigenvalue weighted by Gasteiger charge is 2.38. The zero-order valence-electron chi connectivity index (χ0n) is 16.7. The lowest BCUT2D eigenvalue weighted by molar-refractivity contribution is -0.192. The Morgan fingerprint density at radius 2 is 1.97 bits per heavy atom. The molecule has 8 nitrogen and oxygen atoms in total. The fraction of sp³-hybridized carbons (Fsp3) is 0.316. The average molecular weight is 583 g/mol. The van der Waals surface area contributed by atoms with Crippen LogP contribution in [0, 0.1) is 3.57 Å². The van der Waals surface area contributed by atoms with E-state index in [1.54, 1.807) is 25.6 Å². The molecule has 1 aliphatic rings. The predicted octanol–water partition coefficient (Wildman–Crippen LogP) is 3.55. The summed E-state index contributed by atoms with van der Waals surface area (Å²) in [7, 11) is 3.20. The lowest BCUT2D eigenvalue weighted by atomic mass is 10.1. The van der Waals surface area contributed by atoms with Gasteiger partial charge in [0.2, 0.25) is 0 Å². The van der Waals surface area contributed by atoms with Gasteiger partial charge in [-0.3, -0.25) is 4.79 Å². The summed E-state index contributed by atoms with van der Waals surface area (Å²) in [6.07, 6.45) is -4.21. The van der Waals surface area contributed by atoms with Crippen LogP contribution in [0.5, 0.6) is 11.5 Å². The van der Waals surface area contributed by atoms with Crippen molar-refractivity contribution in [1.82, 2.24) is 15.3 Å². The third-order valence-corrected chi connectivity index (χ3v) is 6.46. The van der Waals surface area contributed by atoms with Crippen LogP contribution in [0.2, 0.25) is 0 Å². The van der Waals surface area contributed by atoms with Crippen LogP contribution >= 0.6 is 33.9 Å². The highest BCUT2D eigenvalue weighted by Crippen LogP contribution is 2.37. The Morgan fingerprint density at radius 1 is 1.28 bits per heavy atom. The van der Waals surface area contributed by atoms with Gasteiger partial charge in [-0.2, -0.15) is 13.2 Å². The summed E-state index contributed by atoms with van der Waals surface area (Å²) >= 11 is 3.78. The van der Waals surface area contributed by atoms with Crippen LogP contribution in [0.1, 0.15) is 10.4 Å². The Labute approximate surface area is 196 Å². The number of rotatable bonds is 3. The first kappa shape index (κ1) is 24.3. The zero-order valence-corrected chi connectivity index (χ0v) is 19.7. The first-order valence-electron chi connectivity index (χ1n) is 9.04. The van der Waals surface area contributed by atoms with Gasteiger partial charge >= 0.3 is 12.1 Å². The van der Waals surface area contributed by atoms with Crippen molar-refractivity contribution in [3.8, 4) is 22.9 Å². The van der Waals surface area contributed by atoms with Crippen LogP contribution in [0.15, 0.2) is 16.9 Å². The van der Waals surface area contributed by atoms with Crippen LogP contribution in [-0.4, -0.2) is 48.0 Å². The number of thiophene rings is 1. The second-order valence-corrected chi connectivity index (χ2v) is 8.77. The number of ether oxygens (including phenoxy) is 2. The lowest BCUT2D eigenvalue weighted by Gasteiger charge is -2.12. The highest BCUT2D eigenvalue weighted by molar-refractivity contribution is 14.1. The van der Waals surface area contributed by atoms with Crippen molar-refractivity contribution in [2.75, 3.05) is 20.8 Å². The van der Waals surface area contributed by atoms with Crippen LogP contribution in [0.3, 0.4) is 0 Å². The zero-order chi connectivity index (χ0) is 23.6. The van der Waals surface area contributed by atoms with Gasteiger partial charge in [0, 0.05) is 17.0 Å². The molecule has 0 unspecified atom stereocenters. The van der Waals surface area contributed by atoms with E-state index in [0.717, 1.165) is 44.4 Å². The number of nitrogens with zero attached hydrogens (tertiary/aromatic N) is 1. The highest BCUT2D eigenvalue weighted by atomic mass is 127. The Balaban J connectivity index is 0.000000360. The molecule has 4 rings (SSSR count). The first-order valence-corrected chi connectivity index (χ1v) is 10.9. The molecule has 13 heteroatoms. The normalized spacial score (nSPS) is 13.2. The van der Waals surface area contributed by atoms with Gasteiger partial charge in [-0.25, -0.2) is 9.78 Å². The molecule has 3 aromatic rings. The average Bonchev–Trinajstić information content (AvgIpc) is 3.11. The number of fused-ring (bicyclic) bond motifs is 3. The Morgan fingerprint density at radius 3 is 2.56 bits per heavy atom. The van der Waals surface area contributed by atoms with Gasteiger partial charge in [-0.15, -0.1) is 11.3 Å². The molecule has 0 fully saturated rings. The lowest BCUT2D eigenvalue weighted by Crippen LogP contribution is -2.23. The van der Waals surface area contributed by atoms with E-state index >= 15 is 0 Å². The van der Waals surface area contributed by atoms with E-state index < -0.39 is 12.1 Å². The van der Waals surface area contributed by atoms with E-state index in [1.165, 1.54) is 4.88 Å². The van der Waals surface area contributed by atoms with Gasteiger partial charge in [0.25, 0.3) is 5.56 Å². The fourth-order valence-electron chi connectivity index (χ4n) is 3.12. The third kappa shape index (κ3) is 4.99. The quantitative estimate of drug-likeness (QED) is 0.405. The first-order chi connectivity index (χ1) is 15.1. The van der Waals surface area contributed by atoms with E-state index in [9.17, 15) is 18.0 Å². The molecule has 0 radical (unpaired) electrons. The SMILES string of the molecule is COc1cc(-c2nc3sc4c(c3c(=O)[nH]2)CCNC4)cc(I)c1OC.O=C(O)C(F)(F)F. The van der Waals surface area contributed by atoms with E-state index in [0.29, 0.717) is 17.3 Å². The van der Waals surface area contributed by atoms with Crippen LogP contribution < -0.4 is 20.3 Å². The summed E-state index contributed by atoms with van der Waals surface area (Å²) in [5, 5.41) is 11.2. The third-order valence-electron chi connectivity index (χ3n) is 4.53. The number of aromatic nitrogens is 2. The van der Waals surface area contributed by atoms with E-state index in [1.807, 2.05) is 12.1 Å². The van der Waals surface area contributed by atoms with Gasteiger partial charge in [-0.05, 0) is 53.3 Å². The molecule has 3 heterocycles. The minimum absolute atomic E-state index is 0.0795. The van der Waals surface area contributed by atoms with Crippen LogP contribution in [0.4, 0.5) is 13.2 Å². The number of hydrogen-bond acceptors (Lipinski definition) is 7. The number of carboxylic acid groups (broad SMARTS) is 1. The van der Waals surface area contributed by atoms with Gasteiger partial charge in [0.15, 0.2) is 11.5 Å². The second-order valence-electron chi connectivity index (χ2n) is 6.52. The maximum Gasteiger partial charge on any atom is 0.490 e. The molecule has 0 spiro atoms. The smallest absolute Gasteiger partial charge is 0.490 e. The van der Waals surface area contributed by atoms with Crippen molar-refractivity contribution in [1.29, 1.82) is 0 Å². The van der Waals surface area contributed by atoms with Gasteiger partial charge in [0.05, 0.1) is 23.2 Å². The van der Waals surface area contributed by atoms with Gasteiger partial charge in [0.1, 0.15) is 10.7 Å². The predicted molar refractivity (Wildman–Crippen MR) is 121 cm³/mol. The minimum Gasteiger partial charge on any atom is -0.493 e. The Bertz CT molecular complexity index is 1230. The van der Waals surface area contributed by atoms with Crippen molar-refractivity contribution < 1.29 is 32.5 Å². The molecule has 0 saturated carbocycles. The van der Waals surface area contributed by atoms with Crippen molar-refractivity contribution in [2.45, 2.75) is 19.1 Å². The fourth-order valence-corrected chi connectivity index (χ4v) is 5.14. The van der Waals surface area contributed by atoms with Gasteiger partial charge in [-0.1, -0.05) is 0 Å². The Kier molecular flexibility index (Phi) is 7.29. The number of alkyl halides is 3. The Hall–Kier alpha value is -2.39. The number of nitrogens with one attached hydrogen (secondary N) is 2. The summed E-state index contributed by atoms with van der Waals surface area (Å²) in [5.74, 6) is -0.926. The maximum absolute atomic E-state index is 12.7. The van der Waals surface area contributed by atoms with Crippen molar-refractivity contribution in [3.63, 3.8) is 0 Å². The van der Waals surface area contributed by atoms with Crippen LogP contribution in [0.25, 0.3) is 21.6 Å². The second kappa shape index (κ2) is 9.62. The van der Waals surface area contributed by atoms with E-state index in [2.05, 4.69) is 32.9 Å².